The zero-order valence-corrected chi connectivity index (χ0v) is 15.3. The second kappa shape index (κ2) is 7.17. The summed E-state index contributed by atoms with van der Waals surface area (Å²) in [6.45, 7) is 0. The first-order valence-electron chi connectivity index (χ1n) is 7.36. The summed E-state index contributed by atoms with van der Waals surface area (Å²) < 4.78 is 1.98. The molecule has 1 aromatic heterocycles. The second-order valence-electron chi connectivity index (χ2n) is 5.39. The van der Waals surface area contributed by atoms with Crippen molar-refractivity contribution in [2.45, 2.75) is 0 Å². The van der Waals surface area contributed by atoms with Gasteiger partial charge in [0.2, 0.25) is 0 Å². The minimum absolute atomic E-state index is 0.0815. The van der Waals surface area contributed by atoms with Gasteiger partial charge in [-0.25, -0.2) is 5.01 Å². The first-order chi connectivity index (χ1) is 12.8. The Kier molecular flexibility index (Phi) is 4.92. The summed E-state index contributed by atoms with van der Waals surface area (Å²) in [5.41, 5.74) is 2.33. The average molecular weight is 405 g/mol. The lowest BCUT2D eigenvalue weighted by atomic mass is 10.2. The highest BCUT2D eigenvalue weighted by atomic mass is 32.2. The number of aromatic nitrogens is 1. The van der Waals surface area contributed by atoms with Crippen molar-refractivity contribution in [1.29, 1.82) is 0 Å². The highest BCUT2D eigenvalue weighted by molar-refractivity contribution is 8.26. The molecule has 1 N–H and O–H groups in total. The number of anilines is 1. The molecule has 1 aliphatic rings. The van der Waals surface area contributed by atoms with Crippen LogP contribution in [0.3, 0.4) is 0 Å². The molecule has 1 aromatic carbocycles. The summed E-state index contributed by atoms with van der Waals surface area (Å²) in [5.74, 6) is -0.473. The van der Waals surface area contributed by atoms with Gasteiger partial charge in [-0.3, -0.25) is 30.4 Å². The Balaban J connectivity index is 1.90. The van der Waals surface area contributed by atoms with Crippen LogP contribution in [0.15, 0.2) is 41.4 Å². The van der Waals surface area contributed by atoms with E-state index < -0.39 is 27.1 Å². The van der Waals surface area contributed by atoms with Gasteiger partial charge in [0.05, 0.1) is 20.8 Å². The summed E-state index contributed by atoms with van der Waals surface area (Å²) in [6, 6.07) is 6.73. The number of hydrogen-bond acceptors (Lipinski definition) is 8. The standard InChI is InChI=1S/C15H11N5O5S2/c1-17-6-2-3-9(17)8-13-14(21)18(15(26)27-13)16-11-5-4-10(19(22)23)7-12(11)20(24)25/h2-8,16H,1H3. The first-order valence-corrected chi connectivity index (χ1v) is 8.59. The minimum atomic E-state index is -0.771. The van der Waals surface area contributed by atoms with Crippen LogP contribution in [0.2, 0.25) is 0 Å². The van der Waals surface area contributed by atoms with E-state index in [2.05, 4.69) is 5.43 Å². The maximum absolute atomic E-state index is 12.6. The number of nitro groups is 2. The van der Waals surface area contributed by atoms with Gasteiger partial charge in [-0.1, -0.05) is 11.8 Å². The van der Waals surface area contributed by atoms with Gasteiger partial charge in [0.1, 0.15) is 5.69 Å². The Bertz CT molecular complexity index is 1020. The van der Waals surface area contributed by atoms with Crippen molar-refractivity contribution >= 4 is 57.3 Å². The molecule has 0 atom stereocenters. The van der Waals surface area contributed by atoms with Gasteiger partial charge in [-0.2, -0.15) is 0 Å². The van der Waals surface area contributed by atoms with Crippen LogP contribution in [0, 0.1) is 20.2 Å². The van der Waals surface area contributed by atoms with Crippen molar-refractivity contribution in [2.24, 2.45) is 7.05 Å². The fraction of sp³-hybridized carbons (Fsp3) is 0.0667. The predicted molar refractivity (Wildman–Crippen MR) is 104 cm³/mol. The number of benzene rings is 1. The number of hydrogen-bond donors (Lipinski definition) is 1. The number of rotatable bonds is 5. The number of thioether (sulfide) groups is 1. The molecule has 10 nitrogen and oxygen atoms in total. The third kappa shape index (κ3) is 3.66. The number of carbonyl (C=O) groups is 1. The number of amides is 1. The number of non-ortho nitro benzene ring substituents is 1. The summed E-state index contributed by atoms with van der Waals surface area (Å²) in [5, 5.41) is 23.1. The van der Waals surface area contributed by atoms with E-state index in [0.29, 0.717) is 4.91 Å². The number of nitro benzene ring substituents is 2. The van der Waals surface area contributed by atoms with E-state index >= 15 is 0 Å². The topological polar surface area (TPSA) is 124 Å². The lowest BCUT2D eigenvalue weighted by Crippen LogP contribution is -2.34. The predicted octanol–water partition coefficient (Wildman–Crippen LogP) is 3.07. The van der Waals surface area contributed by atoms with Crippen molar-refractivity contribution in [3.05, 3.63) is 67.4 Å². The van der Waals surface area contributed by atoms with Crippen LogP contribution in [0.25, 0.3) is 6.08 Å². The van der Waals surface area contributed by atoms with Gasteiger partial charge in [-0.15, -0.1) is 0 Å². The van der Waals surface area contributed by atoms with E-state index in [9.17, 15) is 25.0 Å². The van der Waals surface area contributed by atoms with Crippen LogP contribution < -0.4 is 5.43 Å². The number of carbonyl (C=O) groups excluding carboxylic acids is 1. The third-order valence-corrected chi connectivity index (χ3v) is 4.98. The van der Waals surface area contributed by atoms with Crippen molar-refractivity contribution in [2.75, 3.05) is 5.43 Å². The molecule has 0 aliphatic carbocycles. The molecule has 0 spiro atoms. The van der Waals surface area contributed by atoms with Crippen molar-refractivity contribution in [3.8, 4) is 0 Å². The van der Waals surface area contributed by atoms with E-state index in [1.807, 2.05) is 29.9 Å². The van der Waals surface area contributed by atoms with Crippen LogP contribution >= 0.6 is 24.0 Å². The molecule has 1 saturated heterocycles. The summed E-state index contributed by atoms with van der Waals surface area (Å²) in [4.78, 5) is 33.5. The molecule has 2 heterocycles. The molecule has 12 heteroatoms. The second-order valence-corrected chi connectivity index (χ2v) is 7.06. The quantitative estimate of drug-likeness (QED) is 0.348. The molecule has 0 saturated carbocycles. The van der Waals surface area contributed by atoms with Crippen molar-refractivity contribution in [1.82, 2.24) is 9.58 Å². The summed E-state index contributed by atoms with van der Waals surface area (Å²) in [7, 11) is 1.82. The molecule has 1 amide bonds. The van der Waals surface area contributed by atoms with E-state index in [0.717, 1.165) is 40.7 Å². The molecule has 0 radical (unpaired) electrons. The third-order valence-electron chi connectivity index (χ3n) is 3.68. The van der Waals surface area contributed by atoms with Crippen molar-refractivity contribution < 1.29 is 14.6 Å². The molecule has 1 aliphatic heterocycles. The Hall–Kier alpha value is -3.25. The lowest BCUT2D eigenvalue weighted by Gasteiger charge is -2.16. The zero-order chi connectivity index (χ0) is 19.7. The molecule has 3 rings (SSSR count). The Morgan fingerprint density at radius 2 is 1.96 bits per heavy atom. The molecule has 138 valence electrons. The minimum Gasteiger partial charge on any atom is -0.351 e. The monoisotopic (exact) mass is 405 g/mol. The molecular formula is C15H11N5O5S2. The molecule has 27 heavy (non-hydrogen) atoms. The van der Waals surface area contributed by atoms with E-state index in [1.54, 1.807) is 6.08 Å². The van der Waals surface area contributed by atoms with Gasteiger partial charge in [0.25, 0.3) is 11.6 Å². The van der Waals surface area contributed by atoms with E-state index in [1.165, 1.54) is 0 Å². The molecule has 0 bridgehead atoms. The molecule has 0 unspecified atom stereocenters. The van der Waals surface area contributed by atoms with Gasteiger partial charge in [0, 0.05) is 25.0 Å². The first kappa shape index (κ1) is 18.5. The number of aryl methyl sites for hydroxylation is 1. The lowest BCUT2D eigenvalue weighted by molar-refractivity contribution is -0.393. The van der Waals surface area contributed by atoms with Gasteiger partial charge >= 0.3 is 5.69 Å². The van der Waals surface area contributed by atoms with Gasteiger partial charge in [0.15, 0.2) is 4.32 Å². The smallest absolute Gasteiger partial charge is 0.300 e. The zero-order valence-electron chi connectivity index (χ0n) is 13.7. The van der Waals surface area contributed by atoms with Crippen LogP contribution in [-0.4, -0.2) is 29.7 Å². The van der Waals surface area contributed by atoms with Crippen molar-refractivity contribution in [3.63, 3.8) is 0 Å². The summed E-state index contributed by atoms with van der Waals surface area (Å²) >= 11 is 6.22. The SMILES string of the molecule is Cn1cccc1C=C1SC(=S)N(Nc2ccc([N+](=O)[O-])cc2[N+](=O)[O-])C1=O. The Labute approximate surface area is 161 Å². The highest BCUT2D eigenvalue weighted by Crippen LogP contribution is 2.35. The maximum Gasteiger partial charge on any atom is 0.300 e. The Morgan fingerprint density at radius 3 is 2.56 bits per heavy atom. The normalized spacial score (nSPS) is 15.4. The number of thiocarbonyl (C=S) groups is 1. The fourth-order valence-electron chi connectivity index (χ4n) is 2.32. The van der Waals surface area contributed by atoms with Gasteiger partial charge < -0.3 is 4.57 Å². The van der Waals surface area contributed by atoms with Crippen LogP contribution in [0.1, 0.15) is 5.69 Å². The average Bonchev–Trinajstić information content (AvgIpc) is 3.13. The molecule has 1 fully saturated rings. The number of nitrogens with zero attached hydrogens (tertiary/aromatic N) is 4. The van der Waals surface area contributed by atoms with E-state index in [4.69, 9.17) is 12.2 Å². The number of hydrazine groups is 1. The fourth-order valence-corrected chi connectivity index (χ4v) is 3.49. The van der Waals surface area contributed by atoms with Crippen LogP contribution in [0.5, 0.6) is 0 Å². The van der Waals surface area contributed by atoms with Crippen LogP contribution in [-0.2, 0) is 11.8 Å². The highest BCUT2D eigenvalue weighted by Gasteiger charge is 2.34. The maximum atomic E-state index is 12.6. The number of nitrogens with one attached hydrogen (secondary N) is 1. The summed E-state index contributed by atoms with van der Waals surface area (Å²) in [6.07, 6.45) is 3.48. The largest absolute Gasteiger partial charge is 0.351 e. The van der Waals surface area contributed by atoms with Gasteiger partial charge in [-0.05, 0) is 36.5 Å². The Morgan fingerprint density at radius 1 is 1.22 bits per heavy atom. The van der Waals surface area contributed by atoms with Crippen LogP contribution in [0.4, 0.5) is 17.1 Å². The molecule has 2 aromatic rings. The molecular weight excluding hydrogens is 394 g/mol. The van der Waals surface area contributed by atoms with E-state index in [-0.39, 0.29) is 10.0 Å².